The molecule has 1 aromatic heterocycles. The number of hydrogen-bond acceptors (Lipinski definition) is 6. The normalized spacial score (nSPS) is 13.1. The average Bonchev–Trinajstić information content (AvgIpc) is 2.88. The van der Waals surface area contributed by atoms with E-state index in [2.05, 4.69) is 20.9 Å². The monoisotopic (exact) mass is 381 g/mol. The topological polar surface area (TPSA) is 112 Å². The van der Waals surface area contributed by atoms with Crippen LogP contribution >= 0.6 is 27.3 Å². The van der Waals surface area contributed by atoms with Crippen LogP contribution in [0, 0.1) is 0 Å². The summed E-state index contributed by atoms with van der Waals surface area (Å²) < 4.78 is 1.35. The number of carboxylic acid groups (broad SMARTS) is 1. The van der Waals surface area contributed by atoms with Gasteiger partial charge in [0.1, 0.15) is 4.88 Å². The minimum Gasteiger partial charge on any atom is -0.548 e. The van der Waals surface area contributed by atoms with Crippen molar-refractivity contribution in [2.24, 2.45) is 4.99 Å². The molecule has 0 radical (unpaired) electrons. The van der Waals surface area contributed by atoms with Gasteiger partial charge < -0.3 is 15.0 Å². The molecule has 7 nitrogen and oxygen atoms in total. The first-order chi connectivity index (χ1) is 10.4. The molecule has 0 bridgehead atoms. The third kappa shape index (κ3) is 2.28. The number of fused-ring (bicyclic) bond motifs is 1. The van der Waals surface area contributed by atoms with Gasteiger partial charge in [0, 0.05) is 9.69 Å². The Kier molecular flexibility index (Phi) is 3.45. The molecule has 0 fully saturated rings. The summed E-state index contributed by atoms with van der Waals surface area (Å²) in [4.78, 5) is 37.7. The number of rotatable bonds is 3. The maximum Gasteiger partial charge on any atom is 0.310 e. The highest BCUT2D eigenvalue weighted by Gasteiger charge is 2.26. The minimum absolute atomic E-state index is 0.00292. The van der Waals surface area contributed by atoms with Gasteiger partial charge in [-0.1, -0.05) is 27.3 Å². The van der Waals surface area contributed by atoms with Crippen molar-refractivity contribution in [2.75, 3.05) is 0 Å². The van der Waals surface area contributed by atoms with Crippen molar-refractivity contribution in [1.82, 2.24) is 4.57 Å². The Bertz CT molecular complexity index is 1000. The lowest BCUT2D eigenvalue weighted by atomic mass is 10.1. The van der Waals surface area contributed by atoms with E-state index in [0.717, 1.165) is 0 Å². The smallest absolute Gasteiger partial charge is 0.310 e. The Morgan fingerprint density at radius 1 is 1.41 bits per heavy atom. The first kappa shape index (κ1) is 14.7. The number of carbonyl (C=O) groups is 2. The van der Waals surface area contributed by atoms with Crippen molar-refractivity contribution in [3.8, 4) is 5.88 Å². The zero-order valence-electron chi connectivity index (χ0n) is 10.7. The minimum atomic E-state index is -1.52. The van der Waals surface area contributed by atoms with E-state index in [0.29, 0.717) is 31.0 Å². The van der Waals surface area contributed by atoms with Gasteiger partial charge in [0.25, 0.3) is 5.91 Å². The predicted octanol–water partition coefficient (Wildman–Crippen LogP) is -1.51. The molecule has 0 unspecified atom stereocenters. The number of carboxylic acids is 1. The Hall–Kier alpha value is -2.26. The zero-order valence-corrected chi connectivity index (χ0v) is 13.1. The highest BCUT2D eigenvalue weighted by atomic mass is 79.9. The number of thiazole rings is 1. The Balaban J connectivity index is 2.31. The highest BCUT2D eigenvalue weighted by molar-refractivity contribution is 9.10. The van der Waals surface area contributed by atoms with Crippen molar-refractivity contribution in [3.05, 3.63) is 47.8 Å². The average molecular weight is 382 g/mol. The summed E-state index contributed by atoms with van der Waals surface area (Å²) in [5, 5.41) is 21.6. The van der Waals surface area contributed by atoms with Crippen LogP contribution in [0.2, 0.25) is 0 Å². The summed E-state index contributed by atoms with van der Waals surface area (Å²) in [7, 11) is 0. The molecule has 112 valence electrons. The van der Waals surface area contributed by atoms with Crippen LogP contribution in [0.5, 0.6) is 5.88 Å². The summed E-state index contributed by atoms with van der Waals surface area (Å²) >= 11 is 3.86. The van der Waals surface area contributed by atoms with Gasteiger partial charge in [0.15, 0.2) is 0 Å². The number of carbonyl (C=O) groups excluding carboxylic acids is 2. The Morgan fingerprint density at radius 3 is 2.82 bits per heavy atom. The van der Waals surface area contributed by atoms with E-state index < -0.39 is 29.2 Å². The van der Waals surface area contributed by atoms with Crippen LogP contribution in [0.1, 0.15) is 4.88 Å². The second-order valence-corrected chi connectivity index (χ2v) is 6.31. The fraction of sp³-hybridized carbons (Fsp3) is 0.0769. The SMILES string of the molecule is O=C([O-])Cn1c(O)c(C2=c3cc(Br)ccc3=NC2=O)sc1=O. The number of aromatic hydroxyl groups is 1. The van der Waals surface area contributed by atoms with Gasteiger partial charge in [0.2, 0.25) is 5.88 Å². The largest absolute Gasteiger partial charge is 0.548 e. The first-order valence-corrected chi connectivity index (χ1v) is 7.55. The molecular weight excluding hydrogens is 376 g/mol. The van der Waals surface area contributed by atoms with Gasteiger partial charge in [-0.2, -0.15) is 0 Å². The van der Waals surface area contributed by atoms with Crippen LogP contribution in [0.3, 0.4) is 0 Å². The third-order valence-corrected chi connectivity index (χ3v) is 4.53. The summed E-state index contributed by atoms with van der Waals surface area (Å²) in [6, 6.07) is 4.98. The van der Waals surface area contributed by atoms with Crippen molar-refractivity contribution in [1.29, 1.82) is 0 Å². The van der Waals surface area contributed by atoms with Crippen molar-refractivity contribution in [3.63, 3.8) is 0 Å². The Morgan fingerprint density at radius 2 is 2.14 bits per heavy atom. The van der Waals surface area contributed by atoms with Crippen molar-refractivity contribution < 1.29 is 19.8 Å². The first-order valence-electron chi connectivity index (χ1n) is 5.94. The maximum atomic E-state index is 12.1. The highest BCUT2D eigenvalue weighted by Crippen LogP contribution is 2.28. The second-order valence-electron chi connectivity index (χ2n) is 4.43. The van der Waals surface area contributed by atoms with Crippen LogP contribution < -0.4 is 20.6 Å². The number of nitrogens with zero attached hydrogens (tertiary/aromatic N) is 2. The molecule has 0 aliphatic carbocycles. The molecule has 1 N–H and O–H groups in total. The third-order valence-electron chi connectivity index (χ3n) is 3.05. The number of hydrogen-bond donors (Lipinski definition) is 1. The van der Waals surface area contributed by atoms with Crippen LogP contribution in [0.4, 0.5) is 0 Å². The molecule has 0 saturated heterocycles. The van der Waals surface area contributed by atoms with Crippen LogP contribution in [-0.2, 0) is 16.1 Å². The molecule has 1 aromatic carbocycles. The maximum absolute atomic E-state index is 12.1. The molecule has 0 spiro atoms. The molecule has 3 rings (SSSR count). The van der Waals surface area contributed by atoms with Crippen molar-refractivity contribution >= 4 is 44.7 Å². The number of aliphatic carboxylic acids is 1. The van der Waals surface area contributed by atoms with E-state index in [4.69, 9.17) is 0 Å². The summed E-state index contributed by atoms with van der Waals surface area (Å²) in [5.74, 6) is -2.69. The van der Waals surface area contributed by atoms with E-state index in [1.54, 1.807) is 18.2 Å². The molecule has 1 aliphatic rings. The van der Waals surface area contributed by atoms with Crippen molar-refractivity contribution in [2.45, 2.75) is 6.54 Å². The zero-order chi connectivity index (χ0) is 16.0. The standard InChI is InChI=1S/C13H7BrN2O5S/c14-5-1-2-7-6(3-5)9(11(19)15-7)10-12(20)16(4-8(17)18)13(21)22-10/h1-3,20H,4H2,(H,17,18)/p-1. The number of aromatic nitrogens is 1. The van der Waals surface area contributed by atoms with E-state index in [1.165, 1.54) is 0 Å². The second kappa shape index (κ2) is 5.18. The summed E-state index contributed by atoms with van der Waals surface area (Å²) in [6.45, 7) is -0.787. The van der Waals surface area contributed by atoms with E-state index in [-0.39, 0.29) is 10.5 Å². The van der Waals surface area contributed by atoms with E-state index in [1.807, 2.05) is 0 Å². The molecule has 2 aromatic rings. The van der Waals surface area contributed by atoms with Crippen LogP contribution in [-0.4, -0.2) is 21.6 Å². The lowest BCUT2D eigenvalue weighted by Crippen LogP contribution is -2.30. The van der Waals surface area contributed by atoms with Gasteiger partial charge in [-0.3, -0.25) is 14.2 Å². The molecule has 2 heterocycles. The molecular formula is C13H6BrN2O5S-. The molecule has 22 heavy (non-hydrogen) atoms. The van der Waals surface area contributed by atoms with Gasteiger partial charge >= 0.3 is 4.87 Å². The summed E-state index contributed by atoms with van der Waals surface area (Å²) in [5.41, 5.74) is 0.0768. The van der Waals surface area contributed by atoms with Gasteiger partial charge in [-0.05, 0) is 18.2 Å². The molecule has 0 atom stereocenters. The van der Waals surface area contributed by atoms with Gasteiger partial charge in [0.05, 0.1) is 23.4 Å². The van der Waals surface area contributed by atoms with Crippen LogP contribution in [0.25, 0.3) is 5.57 Å². The number of amides is 1. The molecule has 1 aliphatic heterocycles. The molecule has 0 saturated carbocycles. The predicted molar refractivity (Wildman–Crippen MR) is 77.7 cm³/mol. The fourth-order valence-corrected chi connectivity index (χ4v) is 3.43. The fourth-order valence-electron chi connectivity index (χ4n) is 2.13. The van der Waals surface area contributed by atoms with E-state index in [9.17, 15) is 24.6 Å². The number of benzene rings is 1. The lowest BCUT2D eigenvalue weighted by molar-refractivity contribution is -0.306. The van der Waals surface area contributed by atoms with Crippen LogP contribution in [0.15, 0.2) is 32.5 Å². The quantitative estimate of drug-likeness (QED) is 0.694. The Labute approximate surface area is 134 Å². The van der Waals surface area contributed by atoms with E-state index >= 15 is 0 Å². The number of halogens is 1. The summed E-state index contributed by atoms with van der Waals surface area (Å²) in [6.07, 6.45) is 0. The van der Waals surface area contributed by atoms with Gasteiger partial charge in [-0.15, -0.1) is 0 Å². The van der Waals surface area contributed by atoms with Gasteiger partial charge in [-0.25, -0.2) is 4.99 Å². The lowest BCUT2D eigenvalue weighted by Gasteiger charge is -2.04. The molecule has 1 amide bonds. The molecule has 9 heteroatoms.